The molecule has 0 fully saturated rings. The molecule has 0 radical (unpaired) electrons. The Morgan fingerprint density at radius 2 is 1.00 bits per heavy atom. The first-order chi connectivity index (χ1) is 11.0. The summed E-state index contributed by atoms with van der Waals surface area (Å²) < 4.78 is 6.70. The third kappa shape index (κ3) is 3.63. The number of benzene rings is 2. The number of rotatable bonds is 2. The Morgan fingerprint density at radius 1 is 0.654 bits per heavy atom. The van der Waals surface area contributed by atoms with Crippen molar-refractivity contribution >= 4 is 23.1 Å². The topological polar surface area (TPSA) is 0 Å². The first-order valence-electron chi connectivity index (χ1n) is 8.54. The van der Waals surface area contributed by atoms with E-state index in [9.17, 15) is 0 Å². The fourth-order valence-electron chi connectivity index (χ4n) is 5.10. The van der Waals surface area contributed by atoms with Gasteiger partial charge in [0.2, 0.25) is 0 Å². The van der Waals surface area contributed by atoms with Crippen LogP contribution in [0.2, 0.25) is 9.26 Å². The molecule has 4 rings (SSSR count). The van der Waals surface area contributed by atoms with E-state index in [-0.39, 0.29) is 35.8 Å². The summed E-state index contributed by atoms with van der Waals surface area (Å²) in [4.78, 5) is 0. The quantitative estimate of drug-likeness (QED) is 0.488. The molecular formula is C22H28Cl2SiZr. The zero-order valence-electron chi connectivity index (χ0n) is 15.2. The third-order valence-corrected chi connectivity index (χ3v) is 16.9. The minimum atomic E-state index is -2.50. The molecule has 4 heteroatoms. The molecule has 0 heterocycles. The Hall–Kier alpha value is -0.400. The van der Waals surface area contributed by atoms with Gasteiger partial charge >= 0.3 is 145 Å². The maximum Gasteiger partial charge on any atom is -0.0149 e. The molecule has 2 aromatic carbocycles. The summed E-state index contributed by atoms with van der Waals surface area (Å²) in [6.45, 7) is 4.70. The second-order valence-corrected chi connectivity index (χ2v) is 19.5. The molecule has 0 nitrogen and oxygen atoms in total. The average molecular weight is 483 g/mol. The summed E-state index contributed by atoms with van der Waals surface area (Å²) >= 11 is -2.50. The molecule has 0 bridgehead atoms. The van der Waals surface area contributed by atoms with Gasteiger partial charge in [-0.05, 0) is 11.0 Å². The third-order valence-electron chi connectivity index (χ3n) is 5.78. The summed E-state index contributed by atoms with van der Waals surface area (Å²) in [5.74, 6) is 0. The van der Waals surface area contributed by atoms with Gasteiger partial charge in [0.05, 0.1) is 0 Å². The molecule has 2 atom stereocenters. The SMILES string of the molecule is CC1=Cc2ccccc2[CH]1[Zr+2]([CH3])([CH3])[CH]1C(C)=Cc2ccccc21.[Cl-].[Cl-].[SiH4]. The maximum atomic E-state index is 2.66. The van der Waals surface area contributed by atoms with E-state index in [1.54, 1.807) is 22.3 Å². The fraction of sp³-hybridized carbons (Fsp3) is 0.273. The predicted molar refractivity (Wildman–Crippen MR) is 109 cm³/mol. The second-order valence-electron chi connectivity index (χ2n) is 7.72. The zero-order chi connectivity index (χ0) is 16.2. The molecule has 2 aromatic rings. The van der Waals surface area contributed by atoms with Crippen LogP contribution < -0.4 is 24.8 Å². The van der Waals surface area contributed by atoms with Crippen molar-refractivity contribution in [2.24, 2.45) is 0 Å². The summed E-state index contributed by atoms with van der Waals surface area (Å²) in [6.07, 6.45) is 4.86. The van der Waals surface area contributed by atoms with Crippen molar-refractivity contribution in [2.45, 2.75) is 30.4 Å². The summed E-state index contributed by atoms with van der Waals surface area (Å²) in [5, 5.41) is 0. The second kappa shape index (κ2) is 8.74. The van der Waals surface area contributed by atoms with E-state index in [2.05, 4.69) is 83.8 Å². The van der Waals surface area contributed by atoms with E-state index in [1.165, 1.54) is 11.1 Å². The molecule has 0 N–H and O–H groups in total. The molecule has 2 aliphatic rings. The average Bonchev–Trinajstić information content (AvgIpc) is 3.02. The summed E-state index contributed by atoms with van der Waals surface area (Å²) in [5.41, 5.74) is 9.25. The van der Waals surface area contributed by atoms with E-state index in [0.29, 0.717) is 7.25 Å². The van der Waals surface area contributed by atoms with Gasteiger partial charge in [-0.1, -0.05) is 0 Å². The molecule has 138 valence electrons. The van der Waals surface area contributed by atoms with E-state index in [1.807, 2.05) is 0 Å². The minimum absolute atomic E-state index is 0. The normalized spacial score (nSPS) is 19.2. The largest absolute Gasteiger partial charge is 1.00 e. The molecule has 2 unspecified atom stereocenters. The smallest absolute Gasteiger partial charge is 0.0149 e. The molecule has 0 amide bonds. The van der Waals surface area contributed by atoms with E-state index in [0.717, 1.165) is 0 Å². The molecule has 0 aromatic heterocycles. The Kier molecular flexibility index (Phi) is 7.94. The van der Waals surface area contributed by atoms with Crippen LogP contribution in [-0.4, -0.2) is 11.0 Å². The van der Waals surface area contributed by atoms with Gasteiger partial charge in [-0.15, -0.1) is 0 Å². The Balaban J connectivity index is 0.00000113. The van der Waals surface area contributed by atoms with Crippen LogP contribution in [0.25, 0.3) is 12.2 Å². The van der Waals surface area contributed by atoms with E-state index < -0.39 is 20.3 Å². The number of halogens is 2. The Labute approximate surface area is 179 Å². The summed E-state index contributed by atoms with van der Waals surface area (Å²) in [6, 6.07) is 18.1. The van der Waals surface area contributed by atoms with Crippen molar-refractivity contribution in [1.82, 2.24) is 0 Å². The standard InChI is InChI=1S/2C10H9.2CH3.2ClH.H4Si.Zr/c2*1-8-6-9-4-2-3-5-10(9)7-8;;;;;;/h2*2-7H,1H3;2*1H3;2*1H;1H4;/q;;;;;;;+2/p-2. The van der Waals surface area contributed by atoms with Crippen molar-refractivity contribution in [3.8, 4) is 0 Å². The van der Waals surface area contributed by atoms with Gasteiger partial charge in [0.25, 0.3) is 0 Å². The fourth-order valence-corrected chi connectivity index (χ4v) is 17.3. The van der Waals surface area contributed by atoms with E-state index >= 15 is 0 Å². The monoisotopic (exact) mass is 480 g/mol. The number of hydrogen-bond donors (Lipinski definition) is 0. The molecule has 0 saturated carbocycles. The van der Waals surface area contributed by atoms with Gasteiger partial charge in [0.1, 0.15) is 0 Å². The van der Waals surface area contributed by atoms with Crippen molar-refractivity contribution in [3.05, 3.63) is 81.9 Å². The van der Waals surface area contributed by atoms with E-state index in [4.69, 9.17) is 0 Å². The van der Waals surface area contributed by atoms with Gasteiger partial charge in [0.15, 0.2) is 0 Å². The molecular weight excluding hydrogens is 454 g/mol. The van der Waals surface area contributed by atoms with Crippen LogP contribution in [0.3, 0.4) is 0 Å². The van der Waals surface area contributed by atoms with Crippen LogP contribution in [0.1, 0.15) is 43.4 Å². The first kappa shape index (κ1) is 23.6. The van der Waals surface area contributed by atoms with Gasteiger partial charge in [-0.25, -0.2) is 0 Å². The van der Waals surface area contributed by atoms with Gasteiger partial charge in [-0.3, -0.25) is 0 Å². The molecule has 26 heavy (non-hydrogen) atoms. The van der Waals surface area contributed by atoms with Crippen LogP contribution >= 0.6 is 0 Å². The van der Waals surface area contributed by atoms with Gasteiger partial charge < -0.3 is 24.8 Å². The Bertz CT molecular complexity index is 785. The van der Waals surface area contributed by atoms with Crippen LogP contribution in [0.5, 0.6) is 0 Å². The van der Waals surface area contributed by atoms with Crippen molar-refractivity contribution in [3.63, 3.8) is 0 Å². The van der Waals surface area contributed by atoms with Crippen LogP contribution in [0, 0.1) is 0 Å². The number of allylic oxidation sites excluding steroid dienone is 2. The van der Waals surface area contributed by atoms with Crippen molar-refractivity contribution in [2.75, 3.05) is 0 Å². The number of fused-ring (bicyclic) bond motifs is 2. The maximum absolute atomic E-state index is 2.66. The predicted octanol–water partition coefficient (Wildman–Crippen LogP) is -0.891. The van der Waals surface area contributed by atoms with Gasteiger partial charge in [-0.2, -0.15) is 0 Å². The summed E-state index contributed by atoms with van der Waals surface area (Å²) in [7, 11) is 0. The van der Waals surface area contributed by atoms with Gasteiger partial charge in [0, 0.05) is 0 Å². The zero-order valence-corrected chi connectivity index (χ0v) is 19.2. The molecule has 0 aliphatic heterocycles. The Morgan fingerprint density at radius 3 is 1.38 bits per heavy atom. The van der Waals surface area contributed by atoms with Crippen molar-refractivity contribution in [1.29, 1.82) is 0 Å². The van der Waals surface area contributed by atoms with Crippen molar-refractivity contribution < 1.29 is 45.1 Å². The minimum Gasteiger partial charge on any atom is -1.00 e. The molecule has 2 aliphatic carbocycles. The van der Waals surface area contributed by atoms with Crippen LogP contribution in [0.4, 0.5) is 0 Å². The molecule has 0 saturated heterocycles. The molecule has 0 spiro atoms. The first-order valence-corrected chi connectivity index (χ1v) is 16.3. The van der Waals surface area contributed by atoms with Crippen LogP contribution in [-0.2, 0) is 20.3 Å². The number of hydrogen-bond acceptors (Lipinski definition) is 0. The van der Waals surface area contributed by atoms with Crippen LogP contribution in [0.15, 0.2) is 59.7 Å².